The number of ether oxygens (including phenoxy) is 1. The zero-order valence-corrected chi connectivity index (χ0v) is 14.7. The number of halogens is 2. The fraction of sp³-hybridized carbons (Fsp3) is 0.533. The fourth-order valence-electron chi connectivity index (χ4n) is 2.37. The van der Waals surface area contributed by atoms with Crippen molar-refractivity contribution in [3.05, 3.63) is 28.7 Å². The van der Waals surface area contributed by atoms with E-state index in [9.17, 15) is 4.79 Å². The van der Waals surface area contributed by atoms with Crippen molar-refractivity contribution in [1.82, 2.24) is 10.2 Å². The Morgan fingerprint density at radius 2 is 2.24 bits per heavy atom. The van der Waals surface area contributed by atoms with Crippen molar-refractivity contribution in [2.75, 3.05) is 19.7 Å². The molecule has 0 aromatic heterocycles. The molecule has 6 heteroatoms. The van der Waals surface area contributed by atoms with Gasteiger partial charge in [0.2, 0.25) is 5.91 Å². The molecule has 0 aliphatic carbocycles. The van der Waals surface area contributed by atoms with Crippen LogP contribution in [0.2, 0.25) is 0 Å². The first-order valence-electron chi connectivity index (χ1n) is 6.99. The average Bonchev–Trinajstić information content (AvgIpc) is 2.42. The van der Waals surface area contributed by atoms with Crippen LogP contribution < -0.4 is 10.1 Å². The molecule has 1 amide bonds. The molecular formula is C15H22BrClN2O2. The Morgan fingerprint density at radius 3 is 2.95 bits per heavy atom. The smallest absolute Gasteiger partial charge is 0.226 e. The molecule has 2 unspecified atom stereocenters. The Labute approximate surface area is 140 Å². The van der Waals surface area contributed by atoms with Gasteiger partial charge in [-0.25, -0.2) is 0 Å². The third-order valence-corrected chi connectivity index (χ3v) is 4.23. The highest BCUT2D eigenvalue weighted by Crippen LogP contribution is 2.18. The summed E-state index contributed by atoms with van der Waals surface area (Å²) in [7, 11) is 0. The zero-order valence-electron chi connectivity index (χ0n) is 12.3. The van der Waals surface area contributed by atoms with Crippen molar-refractivity contribution in [3.63, 3.8) is 0 Å². The second kappa shape index (κ2) is 8.61. The summed E-state index contributed by atoms with van der Waals surface area (Å²) in [4.78, 5) is 14.2. The molecule has 118 valence electrons. The Bertz CT molecular complexity index is 473. The first-order valence-corrected chi connectivity index (χ1v) is 7.78. The summed E-state index contributed by atoms with van der Waals surface area (Å²) in [5.74, 6) is 0.953. The van der Waals surface area contributed by atoms with Gasteiger partial charge >= 0.3 is 0 Å². The molecule has 1 saturated heterocycles. The minimum Gasteiger partial charge on any atom is -0.493 e. The van der Waals surface area contributed by atoms with E-state index in [1.54, 1.807) is 0 Å². The normalized spacial score (nSPS) is 21.6. The van der Waals surface area contributed by atoms with Gasteiger partial charge in [0, 0.05) is 29.6 Å². The molecule has 1 fully saturated rings. The van der Waals surface area contributed by atoms with E-state index in [4.69, 9.17) is 4.74 Å². The Hall–Kier alpha value is -0.780. The number of rotatable bonds is 4. The highest BCUT2D eigenvalue weighted by Gasteiger charge is 2.27. The molecule has 1 aliphatic heterocycles. The highest BCUT2D eigenvalue weighted by molar-refractivity contribution is 9.10. The van der Waals surface area contributed by atoms with Crippen molar-refractivity contribution in [1.29, 1.82) is 0 Å². The average molecular weight is 378 g/mol. The van der Waals surface area contributed by atoms with Gasteiger partial charge in [0.15, 0.2) is 0 Å². The van der Waals surface area contributed by atoms with E-state index in [1.165, 1.54) is 0 Å². The molecule has 1 aliphatic rings. The summed E-state index contributed by atoms with van der Waals surface area (Å²) < 4.78 is 6.59. The molecule has 2 rings (SSSR count). The molecule has 21 heavy (non-hydrogen) atoms. The molecule has 1 N–H and O–H groups in total. The first-order chi connectivity index (χ1) is 9.58. The lowest BCUT2D eigenvalue weighted by molar-refractivity contribution is -0.135. The summed E-state index contributed by atoms with van der Waals surface area (Å²) in [5.41, 5.74) is 0. The molecule has 0 bridgehead atoms. The SMILES string of the molecule is CC1NCCN(C(=O)CCOc2cccc(Br)c2)C1C.Cl. The first kappa shape index (κ1) is 18.3. The van der Waals surface area contributed by atoms with Crippen molar-refractivity contribution in [2.24, 2.45) is 0 Å². The molecule has 2 atom stereocenters. The van der Waals surface area contributed by atoms with Gasteiger partial charge in [0.25, 0.3) is 0 Å². The zero-order chi connectivity index (χ0) is 14.5. The standard InChI is InChI=1S/C15H21BrN2O2.ClH/c1-11-12(2)18(8-7-17-11)15(19)6-9-20-14-5-3-4-13(16)10-14;/h3-5,10-12,17H,6-9H2,1-2H3;1H. The number of piperazine rings is 1. The summed E-state index contributed by atoms with van der Waals surface area (Å²) >= 11 is 3.40. The van der Waals surface area contributed by atoms with E-state index in [0.29, 0.717) is 19.1 Å². The number of nitrogens with zero attached hydrogens (tertiary/aromatic N) is 1. The van der Waals surface area contributed by atoms with E-state index in [1.807, 2.05) is 29.2 Å². The van der Waals surface area contributed by atoms with Gasteiger partial charge in [-0.15, -0.1) is 12.4 Å². The minimum atomic E-state index is 0. The van der Waals surface area contributed by atoms with Gasteiger partial charge in [-0.3, -0.25) is 4.79 Å². The summed E-state index contributed by atoms with van der Waals surface area (Å²) in [5, 5.41) is 3.37. The van der Waals surface area contributed by atoms with Crippen LogP contribution in [-0.4, -0.2) is 42.6 Å². The van der Waals surface area contributed by atoms with Crippen molar-refractivity contribution < 1.29 is 9.53 Å². The van der Waals surface area contributed by atoms with Crippen molar-refractivity contribution in [3.8, 4) is 5.75 Å². The Morgan fingerprint density at radius 1 is 1.48 bits per heavy atom. The van der Waals surface area contributed by atoms with Crippen LogP contribution in [0.15, 0.2) is 28.7 Å². The van der Waals surface area contributed by atoms with Crippen LogP contribution in [0.4, 0.5) is 0 Å². The maximum Gasteiger partial charge on any atom is 0.226 e. The number of benzene rings is 1. The lowest BCUT2D eigenvalue weighted by Crippen LogP contribution is -2.57. The summed E-state index contributed by atoms with van der Waals surface area (Å²) in [6, 6.07) is 8.24. The van der Waals surface area contributed by atoms with E-state index in [-0.39, 0.29) is 24.4 Å². The third-order valence-electron chi connectivity index (χ3n) is 3.74. The molecule has 0 radical (unpaired) electrons. The predicted molar refractivity (Wildman–Crippen MR) is 90.1 cm³/mol. The fourth-order valence-corrected chi connectivity index (χ4v) is 2.74. The largest absolute Gasteiger partial charge is 0.493 e. The number of hydrogen-bond donors (Lipinski definition) is 1. The van der Waals surface area contributed by atoms with Crippen LogP contribution >= 0.6 is 28.3 Å². The maximum absolute atomic E-state index is 12.2. The molecular weight excluding hydrogens is 356 g/mol. The minimum absolute atomic E-state index is 0. The monoisotopic (exact) mass is 376 g/mol. The number of hydrogen-bond acceptors (Lipinski definition) is 3. The van der Waals surface area contributed by atoms with Crippen LogP contribution in [-0.2, 0) is 4.79 Å². The second-order valence-corrected chi connectivity index (χ2v) is 6.04. The van der Waals surface area contributed by atoms with Gasteiger partial charge in [0.1, 0.15) is 5.75 Å². The Kier molecular flexibility index (Phi) is 7.49. The number of amides is 1. The van der Waals surface area contributed by atoms with Gasteiger partial charge in [-0.05, 0) is 32.0 Å². The summed E-state index contributed by atoms with van der Waals surface area (Å²) in [6.07, 6.45) is 0.420. The highest BCUT2D eigenvalue weighted by atomic mass is 79.9. The van der Waals surface area contributed by atoms with Crippen LogP contribution in [0.3, 0.4) is 0 Å². The second-order valence-electron chi connectivity index (χ2n) is 5.13. The molecule has 1 aromatic rings. The molecule has 1 heterocycles. The van der Waals surface area contributed by atoms with Crippen LogP contribution in [0.5, 0.6) is 5.75 Å². The van der Waals surface area contributed by atoms with Crippen LogP contribution in [0.25, 0.3) is 0 Å². The van der Waals surface area contributed by atoms with E-state index >= 15 is 0 Å². The van der Waals surface area contributed by atoms with Gasteiger partial charge in [0.05, 0.1) is 13.0 Å². The van der Waals surface area contributed by atoms with Gasteiger partial charge in [-0.1, -0.05) is 22.0 Å². The quantitative estimate of drug-likeness (QED) is 0.877. The van der Waals surface area contributed by atoms with Gasteiger partial charge < -0.3 is 15.0 Å². The lowest BCUT2D eigenvalue weighted by atomic mass is 10.1. The van der Waals surface area contributed by atoms with E-state index in [2.05, 4.69) is 35.1 Å². The van der Waals surface area contributed by atoms with Crippen molar-refractivity contribution in [2.45, 2.75) is 32.4 Å². The molecule has 1 aromatic carbocycles. The maximum atomic E-state index is 12.2. The van der Waals surface area contributed by atoms with Crippen LogP contribution in [0, 0.1) is 0 Å². The molecule has 4 nitrogen and oxygen atoms in total. The van der Waals surface area contributed by atoms with E-state index < -0.39 is 0 Å². The predicted octanol–water partition coefficient (Wildman–Crippen LogP) is 2.85. The number of carbonyl (C=O) groups is 1. The number of nitrogens with one attached hydrogen (secondary N) is 1. The lowest BCUT2D eigenvalue weighted by Gasteiger charge is -2.38. The number of carbonyl (C=O) groups excluding carboxylic acids is 1. The van der Waals surface area contributed by atoms with Crippen LogP contribution in [0.1, 0.15) is 20.3 Å². The van der Waals surface area contributed by atoms with E-state index in [0.717, 1.165) is 23.3 Å². The van der Waals surface area contributed by atoms with Crippen molar-refractivity contribution >= 4 is 34.2 Å². The molecule has 0 saturated carbocycles. The van der Waals surface area contributed by atoms with Gasteiger partial charge in [-0.2, -0.15) is 0 Å². The Balaban J connectivity index is 0.00000220. The third kappa shape index (κ3) is 5.16. The molecule has 0 spiro atoms. The summed E-state index contributed by atoms with van der Waals surface area (Å²) in [6.45, 7) is 6.26. The topological polar surface area (TPSA) is 41.6 Å².